The molecule has 19 heavy (non-hydrogen) atoms. The zero-order valence-corrected chi connectivity index (χ0v) is 12.2. The minimum atomic E-state index is 0.733. The fraction of sp³-hybridized carbons (Fsp3) is 0.625. The minimum Gasteiger partial charge on any atom is -0.492 e. The number of nitrogens with two attached hydrogens (primary N) is 1. The van der Waals surface area contributed by atoms with Gasteiger partial charge in [0, 0.05) is 6.54 Å². The number of hydrogen-bond acceptors (Lipinski definition) is 3. The van der Waals surface area contributed by atoms with Crippen LogP contribution in [0.1, 0.15) is 24.0 Å². The van der Waals surface area contributed by atoms with Crippen LogP contribution in [0.2, 0.25) is 0 Å². The third-order valence-electron chi connectivity index (χ3n) is 4.04. The Bertz CT molecular complexity index is 398. The van der Waals surface area contributed by atoms with E-state index in [9.17, 15) is 0 Å². The lowest BCUT2D eigenvalue weighted by atomic mass is 9.97. The molecule has 106 valence electrons. The molecule has 1 aliphatic rings. The predicted octanol–water partition coefficient (Wildman–Crippen LogP) is 2.35. The van der Waals surface area contributed by atoms with Gasteiger partial charge in [0.05, 0.1) is 0 Å². The van der Waals surface area contributed by atoms with Crippen LogP contribution in [-0.2, 0) is 0 Å². The molecule has 1 aliphatic heterocycles. The maximum absolute atomic E-state index is 5.88. The molecule has 1 aromatic carbocycles. The van der Waals surface area contributed by atoms with E-state index in [0.29, 0.717) is 0 Å². The van der Waals surface area contributed by atoms with Crippen LogP contribution in [0.3, 0.4) is 0 Å². The normalized spacial score (nSPS) is 17.6. The zero-order valence-electron chi connectivity index (χ0n) is 12.2. The van der Waals surface area contributed by atoms with Crippen molar-refractivity contribution in [2.75, 3.05) is 32.8 Å². The van der Waals surface area contributed by atoms with E-state index in [1.807, 2.05) is 0 Å². The molecular formula is C16H26N2O. The Morgan fingerprint density at radius 1 is 1.26 bits per heavy atom. The maximum Gasteiger partial charge on any atom is 0.122 e. The summed E-state index contributed by atoms with van der Waals surface area (Å²) in [6.07, 6.45) is 2.47. The van der Waals surface area contributed by atoms with Crippen molar-refractivity contribution in [2.45, 2.75) is 26.7 Å². The topological polar surface area (TPSA) is 38.5 Å². The van der Waals surface area contributed by atoms with E-state index in [1.54, 1.807) is 0 Å². The first-order valence-corrected chi connectivity index (χ1v) is 7.31. The quantitative estimate of drug-likeness (QED) is 0.885. The molecular weight excluding hydrogens is 236 g/mol. The Labute approximate surface area is 116 Å². The van der Waals surface area contributed by atoms with E-state index in [0.717, 1.165) is 44.5 Å². The lowest BCUT2D eigenvalue weighted by molar-refractivity contribution is 0.157. The number of benzene rings is 1. The van der Waals surface area contributed by atoms with Gasteiger partial charge >= 0.3 is 0 Å². The molecule has 0 unspecified atom stereocenters. The van der Waals surface area contributed by atoms with Gasteiger partial charge in [-0.25, -0.2) is 0 Å². The van der Waals surface area contributed by atoms with Crippen LogP contribution < -0.4 is 10.5 Å². The number of rotatable bonds is 5. The summed E-state index contributed by atoms with van der Waals surface area (Å²) in [5.74, 6) is 1.75. The Hall–Kier alpha value is -1.06. The fourth-order valence-corrected chi connectivity index (χ4v) is 2.69. The Balaban J connectivity index is 1.72. The molecule has 0 aromatic heterocycles. The summed E-state index contributed by atoms with van der Waals surface area (Å²) in [4.78, 5) is 2.48. The molecule has 0 aliphatic carbocycles. The standard InChI is InChI=1S/C16H26N2O/c1-13-3-4-16(14(2)11-13)19-10-9-18-7-5-15(12-17)6-8-18/h3-4,11,15H,5-10,12,17H2,1-2H3. The van der Waals surface area contributed by atoms with Crippen molar-refractivity contribution in [3.63, 3.8) is 0 Å². The van der Waals surface area contributed by atoms with Crippen LogP contribution in [0, 0.1) is 19.8 Å². The largest absolute Gasteiger partial charge is 0.492 e. The van der Waals surface area contributed by atoms with Crippen molar-refractivity contribution < 1.29 is 4.74 Å². The SMILES string of the molecule is Cc1ccc(OCCN2CCC(CN)CC2)c(C)c1. The van der Waals surface area contributed by atoms with Gasteiger partial charge in [-0.05, 0) is 63.9 Å². The number of hydrogen-bond donors (Lipinski definition) is 1. The van der Waals surface area contributed by atoms with Gasteiger partial charge in [-0.3, -0.25) is 4.90 Å². The fourth-order valence-electron chi connectivity index (χ4n) is 2.69. The summed E-state index contributed by atoms with van der Waals surface area (Å²) in [5, 5.41) is 0. The van der Waals surface area contributed by atoms with Crippen molar-refractivity contribution in [2.24, 2.45) is 11.7 Å². The molecule has 3 nitrogen and oxygen atoms in total. The summed E-state index contributed by atoms with van der Waals surface area (Å²) in [6, 6.07) is 6.35. The average molecular weight is 262 g/mol. The van der Waals surface area contributed by atoms with E-state index in [-0.39, 0.29) is 0 Å². The first-order valence-electron chi connectivity index (χ1n) is 7.31. The highest BCUT2D eigenvalue weighted by molar-refractivity contribution is 5.35. The number of nitrogens with zero attached hydrogens (tertiary/aromatic N) is 1. The van der Waals surface area contributed by atoms with Gasteiger partial charge in [0.25, 0.3) is 0 Å². The average Bonchev–Trinajstić information content (AvgIpc) is 2.42. The molecule has 0 amide bonds. The number of ether oxygens (including phenoxy) is 1. The van der Waals surface area contributed by atoms with E-state index >= 15 is 0 Å². The highest BCUT2D eigenvalue weighted by Gasteiger charge is 2.17. The second-order valence-corrected chi connectivity index (χ2v) is 5.64. The van der Waals surface area contributed by atoms with E-state index < -0.39 is 0 Å². The third kappa shape index (κ3) is 4.22. The third-order valence-corrected chi connectivity index (χ3v) is 4.04. The summed E-state index contributed by atoms with van der Waals surface area (Å²) in [7, 11) is 0. The molecule has 0 atom stereocenters. The van der Waals surface area contributed by atoms with Crippen LogP contribution in [0.25, 0.3) is 0 Å². The first kappa shape index (κ1) is 14.4. The molecule has 3 heteroatoms. The second kappa shape index (κ2) is 6.92. The van der Waals surface area contributed by atoms with Gasteiger partial charge in [-0.15, -0.1) is 0 Å². The van der Waals surface area contributed by atoms with E-state index in [2.05, 4.69) is 36.9 Å². The van der Waals surface area contributed by atoms with Crippen LogP contribution in [0.15, 0.2) is 18.2 Å². The summed E-state index contributed by atoms with van der Waals surface area (Å²) in [5.41, 5.74) is 8.22. The molecule has 1 aromatic rings. The Morgan fingerprint density at radius 2 is 2.00 bits per heavy atom. The molecule has 1 heterocycles. The highest BCUT2D eigenvalue weighted by atomic mass is 16.5. The van der Waals surface area contributed by atoms with E-state index in [1.165, 1.54) is 24.0 Å². The van der Waals surface area contributed by atoms with Crippen molar-refractivity contribution in [3.8, 4) is 5.75 Å². The molecule has 2 N–H and O–H groups in total. The van der Waals surface area contributed by atoms with E-state index in [4.69, 9.17) is 10.5 Å². The number of likely N-dealkylation sites (tertiary alicyclic amines) is 1. The van der Waals surface area contributed by atoms with Crippen LogP contribution >= 0.6 is 0 Å². The minimum absolute atomic E-state index is 0.733. The highest BCUT2D eigenvalue weighted by Crippen LogP contribution is 2.19. The van der Waals surface area contributed by atoms with Gasteiger partial charge in [0.15, 0.2) is 0 Å². The summed E-state index contributed by atoms with van der Waals surface area (Å²) >= 11 is 0. The monoisotopic (exact) mass is 262 g/mol. The maximum atomic E-state index is 5.88. The molecule has 1 saturated heterocycles. The second-order valence-electron chi connectivity index (χ2n) is 5.64. The molecule has 1 fully saturated rings. The van der Waals surface area contributed by atoms with Crippen molar-refractivity contribution >= 4 is 0 Å². The van der Waals surface area contributed by atoms with Crippen LogP contribution in [-0.4, -0.2) is 37.7 Å². The summed E-state index contributed by atoms with van der Waals surface area (Å²) in [6.45, 7) is 9.18. The predicted molar refractivity (Wildman–Crippen MR) is 79.6 cm³/mol. The molecule has 0 radical (unpaired) electrons. The van der Waals surface area contributed by atoms with Crippen molar-refractivity contribution in [3.05, 3.63) is 29.3 Å². The van der Waals surface area contributed by atoms with Gasteiger partial charge in [-0.1, -0.05) is 17.7 Å². The lowest BCUT2D eigenvalue weighted by Gasteiger charge is -2.31. The van der Waals surface area contributed by atoms with Gasteiger partial charge < -0.3 is 10.5 Å². The van der Waals surface area contributed by atoms with Crippen LogP contribution in [0.5, 0.6) is 5.75 Å². The van der Waals surface area contributed by atoms with Crippen molar-refractivity contribution in [1.29, 1.82) is 0 Å². The molecule has 2 rings (SSSR count). The van der Waals surface area contributed by atoms with Gasteiger partial charge in [0.1, 0.15) is 12.4 Å². The summed E-state index contributed by atoms with van der Waals surface area (Å²) < 4.78 is 5.88. The zero-order chi connectivity index (χ0) is 13.7. The first-order chi connectivity index (χ1) is 9.19. The van der Waals surface area contributed by atoms with Gasteiger partial charge in [-0.2, -0.15) is 0 Å². The molecule has 0 bridgehead atoms. The molecule has 0 saturated carbocycles. The number of aryl methyl sites for hydroxylation is 2. The lowest BCUT2D eigenvalue weighted by Crippen LogP contribution is -2.38. The van der Waals surface area contributed by atoms with Crippen LogP contribution in [0.4, 0.5) is 0 Å². The smallest absolute Gasteiger partial charge is 0.122 e. The Kier molecular flexibility index (Phi) is 5.23. The molecule has 0 spiro atoms. The van der Waals surface area contributed by atoms with Crippen molar-refractivity contribution in [1.82, 2.24) is 4.90 Å². The number of piperidine rings is 1. The van der Waals surface area contributed by atoms with Gasteiger partial charge in [0.2, 0.25) is 0 Å². The Morgan fingerprint density at radius 3 is 2.63 bits per heavy atom.